The molecule has 0 atom stereocenters. The number of nitrogens with one attached hydrogen (secondary N) is 2. The summed E-state index contributed by atoms with van der Waals surface area (Å²) >= 11 is 12.0. The second kappa shape index (κ2) is 10.5. The Morgan fingerprint density at radius 1 is 1.17 bits per heavy atom. The fourth-order valence-electron chi connectivity index (χ4n) is 2.77. The third kappa shape index (κ3) is 5.90. The molecule has 29 heavy (non-hydrogen) atoms. The van der Waals surface area contributed by atoms with Crippen LogP contribution in [0.25, 0.3) is 0 Å². The summed E-state index contributed by atoms with van der Waals surface area (Å²) in [4.78, 5) is 25.0. The van der Waals surface area contributed by atoms with Crippen LogP contribution in [-0.2, 0) is 16.1 Å². The minimum Gasteiger partial charge on any atom is -0.482 e. The number of halogens is 3. The summed E-state index contributed by atoms with van der Waals surface area (Å²) < 4.78 is 5.48. The number of nitrogens with zero attached hydrogens (tertiary/aromatic N) is 1. The molecule has 0 spiro atoms. The van der Waals surface area contributed by atoms with Crippen molar-refractivity contribution in [2.75, 3.05) is 36.5 Å². The molecule has 3 N–H and O–H groups in total. The Morgan fingerprint density at radius 3 is 2.69 bits per heavy atom. The molecule has 0 radical (unpaired) electrons. The highest BCUT2D eigenvalue weighted by Gasteiger charge is 2.25. The van der Waals surface area contributed by atoms with Crippen LogP contribution in [0.3, 0.4) is 0 Å². The number of hydrogen-bond acceptors (Lipinski definition) is 5. The molecular formula is C19H20Cl3N3O4. The number of fused-ring (bicyclic) bond motifs is 1. The van der Waals surface area contributed by atoms with Gasteiger partial charge in [-0.1, -0.05) is 29.3 Å². The highest BCUT2D eigenvalue weighted by molar-refractivity contribution is 6.42. The summed E-state index contributed by atoms with van der Waals surface area (Å²) in [6.07, 6.45) is 0. The smallest absolute Gasteiger partial charge is 0.265 e. The Balaban J connectivity index is 0.00000300. The van der Waals surface area contributed by atoms with Crippen LogP contribution in [0.4, 0.5) is 11.4 Å². The lowest BCUT2D eigenvalue weighted by atomic mass is 10.2. The highest BCUT2D eigenvalue weighted by Crippen LogP contribution is 2.34. The number of carbonyl (C=O) groups excluding carboxylic acids is 2. The summed E-state index contributed by atoms with van der Waals surface area (Å²) in [6, 6.07) is 10.9. The summed E-state index contributed by atoms with van der Waals surface area (Å²) in [5.41, 5.74) is 2.38. The first-order valence-electron chi connectivity index (χ1n) is 8.60. The minimum absolute atomic E-state index is 0. The van der Waals surface area contributed by atoms with E-state index in [0.29, 0.717) is 28.0 Å². The van der Waals surface area contributed by atoms with Gasteiger partial charge in [-0.15, -0.1) is 12.4 Å². The van der Waals surface area contributed by atoms with Crippen LogP contribution in [0.5, 0.6) is 5.75 Å². The first kappa shape index (κ1) is 23.1. The van der Waals surface area contributed by atoms with Crippen molar-refractivity contribution in [2.24, 2.45) is 0 Å². The molecule has 10 heteroatoms. The predicted octanol–water partition coefficient (Wildman–Crippen LogP) is 2.86. The summed E-state index contributed by atoms with van der Waals surface area (Å²) in [6.45, 7) is 0.382. The summed E-state index contributed by atoms with van der Waals surface area (Å²) in [7, 11) is 0. The monoisotopic (exact) mass is 459 g/mol. The molecule has 2 aromatic carbocycles. The van der Waals surface area contributed by atoms with E-state index in [-0.39, 0.29) is 38.0 Å². The SMILES string of the molecule is Cl.O=C(CO)NCCN1C(=O)COc2ccc(NCc3ccc(Cl)c(Cl)c3)cc21. The lowest BCUT2D eigenvalue weighted by Gasteiger charge is -2.30. The van der Waals surface area contributed by atoms with E-state index in [0.717, 1.165) is 11.3 Å². The highest BCUT2D eigenvalue weighted by atomic mass is 35.5. The second-order valence-corrected chi connectivity index (χ2v) is 6.94. The number of anilines is 2. The Hall–Kier alpha value is -2.19. The van der Waals surface area contributed by atoms with Gasteiger partial charge in [-0.2, -0.15) is 0 Å². The van der Waals surface area contributed by atoms with Gasteiger partial charge in [-0.25, -0.2) is 0 Å². The van der Waals surface area contributed by atoms with Crippen molar-refractivity contribution in [1.29, 1.82) is 0 Å². The quantitative estimate of drug-likeness (QED) is 0.591. The molecule has 0 unspecified atom stereocenters. The molecule has 0 saturated heterocycles. The van der Waals surface area contributed by atoms with Crippen LogP contribution < -0.4 is 20.3 Å². The van der Waals surface area contributed by atoms with Crippen LogP contribution in [-0.4, -0.2) is 43.2 Å². The van der Waals surface area contributed by atoms with Crippen molar-refractivity contribution in [1.82, 2.24) is 5.32 Å². The average Bonchev–Trinajstić information content (AvgIpc) is 2.70. The Kier molecular flexibility index (Phi) is 8.40. The van der Waals surface area contributed by atoms with Crippen molar-refractivity contribution >= 4 is 58.8 Å². The number of rotatable bonds is 7. The van der Waals surface area contributed by atoms with Gasteiger partial charge in [0.15, 0.2) is 6.61 Å². The van der Waals surface area contributed by atoms with E-state index in [1.807, 2.05) is 18.2 Å². The van der Waals surface area contributed by atoms with Crippen LogP contribution in [0, 0.1) is 0 Å². The van der Waals surface area contributed by atoms with Crippen molar-refractivity contribution in [2.45, 2.75) is 6.54 Å². The van der Waals surface area contributed by atoms with E-state index in [1.165, 1.54) is 0 Å². The predicted molar refractivity (Wildman–Crippen MR) is 115 cm³/mol. The zero-order valence-electron chi connectivity index (χ0n) is 15.3. The molecule has 1 heterocycles. The van der Waals surface area contributed by atoms with E-state index in [4.69, 9.17) is 33.0 Å². The molecule has 0 fully saturated rings. The molecule has 1 aliphatic rings. The van der Waals surface area contributed by atoms with E-state index < -0.39 is 12.5 Å². The maximum atomic E-state index is 12.3. The molecule has 0 saturated carbocycles. The van der Waals surface area contributed by atoms with Gasteiger partial charge in [0.05, 0.1) is 15.7 Å². The van der Waals surface area contributed by atoms with Crippen LogP contribution >= 0.6 is 35.6 Å². The van der Waals surface area contributed by atoms with Crippen molar-refractivity contribution in [3.8, 4) is 5.75 Å². The van der Waals surface area contributed by atoms with Gasteiger partial charge in [0.2, 0.25) is 5.91 Å². The summed E-state index contributed by atoms with van der Waals surface area (Å²) in [5, 5.41) is 15.6. The Bertz CT molecular complexity index is 895. The van der Waals surface area contributed by atoms with E-state index >= 15 is 0 Å². The van der Waals surface area contributed by atoms with Gasteiger partial charge < -0.3 is 25.4 Å². The number of carbonyl (C=O) groups is 2. The van der Waals surface area contributed by atoms with Gasteiger partial charge >= 0.3 is 0 Å². The van der Waals surface area contributed by atoms with Crippen LogP contribution in [0.2, 0.25) is 10.0 Å². The fraction of sp³-hybridized carbons (Fsp3) is 0.263. The first-order chi connectivity index (χ1) is 13.5. The lowest BCUT2D eigenvalue weighted by Crippen LogP contribution is -2.43. The van der Waals surface area contributed by atoms with Crippen molar-refractivity contribution in [3.63, 3.8) is 0 Å². The molecule has 156 valence electrons. The molecule has 1 aliphatic heterocycles. The standard InChI is InChI=1S/C19H19Cl2N3O4.ClH/c20-14-3-1-12(7-15(14)21)9-23-13-2-4-17-16(8-13)24(19(27)11-28-17)6-5-22-18(26)10-25;/h1-4,7-8,23,25H,5-6,9-11H2,(H,22,26);1H. The first-order valence-corrected chi connectivity index (χ1v) is 9.36. The molecule has 0 aromatic heterocycles. The number of amides is 2. The number of benzene rings is 2. The molecule has 0 aliphatic carbocycles. The molecule has 0 bridgehead atoms. The van der Waals surface area contributed by atoms with Crippen LogP contribution in [0.1, 0.15) is 5.56 Å². The van der Waals surface area contributed by atoms with Crippen molar-refractivity contribution in [3.05, 3.63) is 52.0 Å². The van der Waals surface area contributed by atoms with Crippen LogP contribution in [0.15, 0.2) is 36.4 Å². The maximum Gasteiger partial charge on any atom is 0.265 e. The zero-order valence-corrected chi connectivity index (χ0v) is 17.6. The lowest BCUT2D eigenvalue weighted by molar-refractivity contribution is -0.124. The molecule has 2 amide bonds. The zero-order chi connectivity index (χ0) is 20.1. The summed E-state index contributed by atoms with van der Waals surface area (Å²) in [5.74, 6) is -0.0986. The van der Waals surface area contributed by atoms with Gasteiger partial charge in [0, 0.05) is 25.3 Å². The topological polar surface area (TPSA) is 90.9 Å². The van der Waals surface area contributed by atoms with Gasteiger partial charge in [-0.3, -0.25) is 9.59 Å². The van der Waals surface area contributed by atoms with E-state index in [9.17, 15) is 9.59 Å². The van der Waals surface area contributed by atoms with E-state index in [2.05, 4.69) is 10.6 Å². The van der Waals surface area contributed by atoms with Gasteiger partial charge in [0.25, 0.3) is 5.91 Å². The average molecular weight is 461 g/mol. The van der Waals surface area contributed by atoms with Gasteiger partial charge in [-0.05, 0) is 35.9 Å². The number of hydrogen-bond donors (Lipinski definition) is 3. The number of aliphatic hydroxyl groups excluding tert-OH is 1. The third-order valence-corrected chi connectivity index (χ3v) is 4.92. The molecule has 3 rings (SSSR count). The molecule has 2 aromatic rings. The Morgan fingerprint density at radius 2 is 1.97 bits per heavy atom. The fourth-order valence-corrected chi connectivity index (χ4v) is 3.09. The Labute approximate surface area is 184 Å². The largest absolute Gasteiger partial charge is 0.482 e. The second-order valence-electron chi connectivity index (χ2n) is 6.13. The maximum absolute atomic E-state index is 12.3. The number of ether oxygens (including phenoxy) is 1. The normalized spacial score (nSPS) is 12.5. The molecule has 7 nitrogen and oxygen atoms in total. The third-order valence-electron chi connectivity index (χ3n) is 4.18. The van der Waals surface area contributed by atoms with Gasteiger partial charge in [0.1, 0.15) is 12.4 Å². The minimum atomic E-state index is -0.587. The van der Waals surface area contributed by atoms with E-state index in [1.54, 1.807) is 23.1 Å². The van der Waals surface area contributed by atoms with Crippen molar-refractivity contribution < 1.29 is 19.4 Å². The number of aliphatic hydroxyl groups is 1. The molecular weight excluding hydrogens is 441 g/mol.